The molecule has 0 saturated heterocycles. The van der Waals surface area contributed by atoms with Crippen LogP contribution in [-0.4, -0.2) is 30.0 Å². The summed E-state index contributed by atoms with van der Waals surface area (Å²) >= 11 is 0. The fourth-order valence-corrected chi connectivity index (χ4v) is 1.73. The zero-order valence-corrected chi connectivity index (χ0v) is 13.0. The number of rotatable bonds is 6. The van der Waals surface area contributed by atoms with Crippen molar-refractivity contribution in [2.45, 2.75) is 39.7 Å². The first-order chi connectivity index (χ1) is 9.60. The highest BCUT2D eigenvalue weighted by molar-refractivity contribution is 5.84. The maximum Gasteiger partial charge on any atom is 0.239 e. The van der Waals surface area contributed by atoms with Gasteiger partial charge in [-0.25, -0.2) is 0 Å². The molecule has 1 rings (SSSR count). The average molecular weight is 296 g/mol. The number of carbonyl (C=O) groups excluding carboxylic acids is 2. The maximum absolute atomic E-state index is 11.7. The van der Waals surface area contributed by atoms with Crippen LogP contribution in [0.3, 0.4) is 0 Å². The third kappa shape index (κ3) is 6.44. The van der Waals surface area contributed by atoms with Crippen molar-refractivity contribution < 1.29 is 19.1 Å². The van der Waals surface area contributed by atoms with Gasteiger partial charge in [-0.05, 0) is 24.5 Å². The minimum Gasteiger partial charge on any atom is -0.466 e. The van der Waals surface area contributed by atoms with Crippen LogP contribution < -0.4 is 10.6 Å². The number of aliphatic hydroxyl groups is 1. The fourth-order valence-electron chi connectivity index (χ4n) is 1.73. The highest BCUT2D eigenvalue weighted by atomic mass is 16.4. The summed E-state index contributed by atoms with van der Waals surface area (Å²) in [6, 6.07) is 3.30. The van der Waals surface area contributed by atoms with E-state index in [4.69, 9.17) is 4.42 Å². The standard InChI is InChI=1S/C15H24N2O4/c1-14(2,3)8-12(18)16-9-13(19)17-10-15(4,20)11-6-5-7-21-11/h5-7,20H,8-10H2,1-4H3,(H,16,18)(H,17,19). The highest BCUT2D eigenvalue weighted by Crippen LogP contribution is 2.19. The number of hydrogen-bond acceptors (Lipinski definition) is 4. The van der Waals surface area contributed by atoms with E-state index >= 15 is 0 Å². The minimum absolute atomic E-state index is 0.00842. The summed E-state index contributed by atoms with van der Waals surface area (Å²) in [5.41, 5.74) is -1.40. The molecule has 0 bridgehead atoms. The van der Waals surface area contributed by atoms with Crippen LogP contribution in [0.15, 0.2) is 22.8 Å². The molecule has 2 amide bonds. The van der Waals surface area contributed by atoms with E-state index in [1.54, 1.807) is 19.1 Å². The molecule has 21 heavy (non-hydrogen) atoms. The van der Waals surface area contributed by atoms with E-state index in [-0.39, 0.29) is 30.3 Å². The third-order valence-electron chi connectivity index (χ3n) is 2.82. The third-order valence-corrected chi connectivity index (χ3v) is 2.82. The molecule has 0 radical (unpaired) electrons. The zero-order valence-electron chi connectivity index (χ0n) is 13.0. The van der Waals surface area contributed by atoms with Gasteiger partial charge in [-0.2, -0.15) is 0 Å². The summed E-state index contributed by atoms with van der Waals surface area (Å²) in [5.74, 6) is -0.154. The van der Waals surface area contributed by atoms with Crippen molar-refractivity contribution >= 4 is 11.8 Å². The topological polar surface area (TPSA) is 91.6 Å². The van der Waals surface area contributed by atoms with Crippen LogP contribution in [0.1, 0.15) is 39.9 Å². The Balaban J connectivity index is 2.33. The summed E-state index contributed by atoms with van der Waals surface area (Å²) in [7, 11) is 0. The van der Waals surface area contributed by atoms with E-state index in [9.17, 15) is 14.7 Å². The first-order valence-corrected chi connectivity index (χ1v) is 6.90. The Labute approximate surface area is 124 Å². The summed E-state index contributed by atoms with van der Waals surface area (Å²) < 4.78 is 5.11. The van der Waals surface area contributed by atoms with Crippen molar-refractivity contribution in [1.29, 1.82) is 0 Å². The molecule has 1 atom stereocenters. The number of amides is 2. The van der Waals surface area contributed by atoms with E-state index in [0.717, 1.165) is 0 Å². The van der Waals surface area contributed by atoms with Crippen LogP contribution in [0.5, 0.6) is 0 Å². The molecule has 0 aromatic carbocycles. The monoisotopic (exact) mass is 296 g/mol. The first-order valence-electron chi connectivity index (χ1n) is 6.90. The molecule has 1 unspecified atom stereocenters. The van der Waals surface area contributed by atoms with E-state index in [0.29, 0.717) is 12.2 Å². The average Bonchev–Trinajstić information content (AvgIpc) is 2.86. The highest BCUT2D eigenvalue weighted by Gasteiger charge is 2.26. The van der Waals surface area contributed by atoms with Gasteiger partial charge < -0.3 is 20.2 Å². The second-order valence-electron chi connectivity index (χ2n) is 6.54. The van der Waals surface area contributed by atoms with Crippen LogP contribution in [0.4, 0.5) is 0 Å². The molecule has 6 nitrogen and oxygen atoms in total. The van der Waals surface area contributed by atoms with Gasteiger partial charge in [0.2, 0.25) is 11.8 Å². The summed E-state index contributed by atoms with van der Waals surface area (Å²) in [6.07, 6.45) is 1.81. The van der Waals surface area contributed by atoms with Crippen LogP contribution in [0.2, 0.25) is 0 Å². The normalized spacial score (nSPS) is 14.3. The summed E-state index contributed by atoms with van der Waals surface area (Å²) in [4.78, 5) is 23.3. The van der Waals surface area contributed by atoms with E-state index < -0.39 is 5.60 Å². The van der Waals surface area contributed by atoms with Gasteiger partial charge in [0.25, 0.3) is 0 Å². The van der Waals surface area contributed by atoms with Gasteiger partial charge >= 0.3 is 0 Å². The molecule has 1 aromatic rings. The van der Waals surface area contributed by atoms with Crippen molar-refractivity contribution in [2.24, 2.45) is 5.41 Å². The molecular weight excluding hydrogens is 272 g/mol. The van der Waals surface area contributed by atoms with Gasteiger partial charge in [0.15, 0.2) is 0 Å². The Morgan fingerprint density at radius 3 is 2.38 bits per heavy atom. The van der Waals surface area contributed by atoms with E-state index in [2.05, 4.69) is 10.6 Å². The molecule has 0 aliphatic carbocycles. The molecule has 0 fully saturated rings. The Morgan fingerprint density at radius 2 is 1.86 bits per heavy atom. The molecule has 118 valence electrons. The van der Waals surface area contributed by atoms with Gasteiger partial charge in [0.1, 0.15) is 11.4 Å². The van der Waals surface area contributed by atoms with Gasteiger partial charge in [-0.15, -0.1) is 0 Å². The summed E-state index contributed by atoms with van der Waals surface area (Å²) in [6.45, 7) is 7.30. The molecular formula is C15H24N2O4. The van der Waals surface area contributed by atoms with Gasteiger partial charge in [0, 0.05) is 6.42 Å². The lowest BCUT2D eigenvalue weighted by Gasteiger charge is -2.21. The van der Waals surface area contributed by atoms with Crippen LogP contribution in [0, 0.1) is 5.41 Å². The number of hydrogen-bond donors (Lipinski definition) is 3. The maximum atomic E-state index is 11.7. The van der Waals surface area contributed by atoms with Crippen LogP contribution >= 0.6 is 0 Å². The number of furan rings is 1. The van der Waals surface area contributed by atoms with Crippen LogP contribution in [0.25, 0.3) is 0 Å². The van der Waals surface area contributed by atoms with Crippen molar-refractivity contribution in [3.8, 4) is 0 Å². The predicted molar refractivity (Wildman–Crippen MR) is 78.4 cm³/mol. The molecule has 3 N–H and O–H groups in total. The van der Waals surface area contributed by atoms with E-state index in [1.807, 2.05) is 20.8 Å². The Bertz CT molecular complexity index is 472. The fraction of sp³-hybridized carbons (Fsp3) is 0.600. The Morgan fingerprint density at radius 1 is 1.19 bits per heavy atom. The quantitative estimate of drug-likeness (QED) is 0.734. The van der Waals surface area contributed by atoms with Gasteiger partial charge in [0.05, 0.1) is 19.4 Å². The molecule has 0 saturated carbocycles. The predicted octanol–water partition coefficient (Wildman–Crippen LogP) is 1.16. The molecule has 0 spiro atoms. The van der Waals surface area contributed by atoms with Gasteiger partial charge in [-0.1, -0.05) is 20.8 Å². The van der Waals surface area contributed by atoms with Crippen molar-refractivity contribution in [3.05, 3.63) is 24.2 Å². The lowest BCUT2D eigenvalue weighted by molar-refractivity contribution is -0.127. The lowest BCUT2D eigenvalue weighted by Crippen LogP contribution is -2.43. The minimum atomic E-state index is -1.28. The SMILES string of the molecule is CC(C)(C)CC(=O)NCC(=O)NCC(C)(O)c1ccco1. The van der Waals surface area contributed by atoms with Crippen molar-refractivity contribution in [3.63, 3.8) is 0 Å². The number of nitrogens with one attached hydrogen (secondary N) is 2. The van der Waals surface area contributed by atoms with Crippen molar-refractivity contribution in [1.82, 2.24) is 10.6 Å². The summed E-state index contributed by atoms with van der Waals surface area (Å²) in [5, 5.41) is 15.3. The number of carbonyl (C=O) groups is 2. The van der Waals surface area contributed by atoms with Gasteiger partial charge in [-0.3, -0.25) is 9.59 Å². The van der Waals surface area contributed by atoms with Crippen LogP contribution in [-0.2, 0) is 15.2 Å². The molecule has 0 aliphatic heterocycles. The first kappa shape index (κ1) is 17.2. The molecule has 1 heterocycles. The largest absolute Gasteiger partial charge is 0.466 e. The molecule has 1 aromatic heterocycles. The zero-order chi connectivity index (χ0) is 16.1. The Kier molecular flexibility index (Phi) is 5.54. The molecule has 0 aliphatic rings. The van der Waals surface area contributed by atoms with Crippen molar-refractivity contribution in [2.75, 3.05) is 13.1 Å². The lowest BCUT2D eigenvalue weighted by atomic mass is 9.92. The van der Waals surface area contributed by atoms with E-state index in [1.165, 1.54) is 6.26 Å². The molecule has 6 heteroatoms. The second kappa shape index (κ2) is 6.76. The smallest absolute Gasteiger partial charge is 0.239 e. The second-order valence-corrected chi connectivity index (χ2v) is 6.54. The Hall–Kier alpha value is -1.82.